The molecule has 0 radical (unpaired) electrons. The molecule has 0 atom stereocenters. The zero-order valence-electron chi connectivity index (χ0n) is 21.4. The average molecular weight is 445 g/mol. The highest BCUT2D eigenvalue weighted by molar-refractivity contribution is 5.77. The van der Waals surface area contributed by atoms with Gasteiger partial charge < -0.3 is 0 Å². The normalized spacial score (nSPS) is 14.7. The Balaban J connectivity index is 1.68. The molecule has 5 rings (SSSR count). The highest BCUT2D eigenvalue weighted by Crippen LogP contribution is 2.46. The number of rotatable bonds is 3. The molecule has 0 nitrogen and oxygen atoms in total. The molecule has 0 heterocycles. The summed E-state index contributed by atoms with van der Waals surface area (Å²) in [6, 6.07) is 27.8. The fourth-order valence-corrected chi connectivity index (χ4v) is 5.34. The third-order valence-electron chi connectivity index (χ3n) is 7.44. The molecule has 0 aromatic rings. The molecule has 0 N–H and O–H groups in total. The van der Waals surface area contributed by atoms with Crippen molar-refractivity contribution in [3.8, 4) is 22.3 Å². The molecule has 0 aromatic heterocycles. The fourth-order valence-electron chi connectivity index (χ4n) is 5.34. The largest absolute Gasteiger partial charge is 0.0767 e. The Morgan fingerprint density at radius 2 is 0.882 bits per heavy atom. The van der Waals surface area contributed by atoms with Crippen LogP contribution in [0.1, 0.15) is 69.7 Å². The first-order valence-corrected chi connectivity index (χ1v) is 12.5. The van der Waals surface area contributed by atoms with E-state index in [9.17, 15) is 0 Å². The van der Waals surface area contributed by atoms with Gasteiger partial charge in [-0.2, -0.15) is 0 Å². The van der Waals surface area contributed by atoms with E-state index < -0.39 is 0 Å². The topological polar surface area (TPSA) is 0 Å². The van der Waals surface area contributed by atoms with Crippen molar-refractivity contribution >= 4 is 0 Å². The predicted octanol–water partition coefficient (Wildman–Crippen LogP) is 9.37. The first-order valence-electron chi connectivity index (χ1n) is 12.5. The second-order valence-corrected chi connectivity index (χ2v) is 11.9. The maximum atomic E-state index is 2.36. The lowest BCUT2D eigenvalue weighted by Crippen LogP contribution is -2.10. The zero-order valence-corrected chi connectivity index (χ0v) is 21.4. The molecule has 5 aliphatic carbocycles. The van der Waals surface area contributed by atoms with Crippen LogP contribution in [0.4, 0.5) is 0 Å². The van der Waals surface area contributed by atoms with Crippen LogP contribution in [-0.2, 0) is 10.8 Å². The maximum absolute atomic E-state index is 2.36. The van der Waals surface area contributed by atoms with Crippen LogP contribution < -0.4 is 0 Å². The van der Waals surface area contributed by atoms with Crippen LogP contribution in [0.15, 0.2) is 97.1 Å². The van der Waals surface area contributed by atoms with Crippen LogP contribution in [0.2, 0.25) is 0 Å². The molecule has 0 heteroatoms. The van der Waals surface area contributed by atoms with E-state index in [1.54, 1.807) is 0 Å². The Morgan fingerprint density at radius 3 is 1.29 bits per heavy atom. The molecular weight excluding hydrogens is 408 g/mol. The first kappa shape index (κ1) is 22.7. The van der Waals surface area contributed by atoms with Gasteiger partial charge in [0.15, 0.2) is 0 Å². The zero-order chi connectivity index (χ0) is 24.1. The summed E-state index contributed by atoms with van der Waals surface area (Å²) in [6.07, 6.45) is 9.11. The fraction of sp³-hybridized carbons (Fsp3) is 0.294. The second-order valence-electron chi connectivity index (χ2n) is 11.9. The maximum Gasteiger partial charge on any atom is 0.0199 e. The van der Waals surface area contributed by atoms with E-state index in [2.05, 4.69) is 139 Å². The van der Waals surface area contributed by atoms with Gasteiger partial charge in [-0.05, 0) is 55.3 Å². The SMILES string of the molecule is CC(C)(C)c1ccc2ccc(C(c3ccc4ccc(C(C)(C)C)ccc3-4)C3C=CC=C3)c-2cc1. The third kappa shape index (κ3) is 4.11. The number of hydrogen-bond donors (Lipinski definition) is 0. The van der Waals surface area contributed by atoms with Crippen molar-refractivity contribution in [1.82, 2.24) is 0 Å². The van der Waals surface area contributed by atoms with Crippen LogP contribution in [0, 0.1) is 5.92 Å². The van der Waals surface area contributed by atoms with Crippen molar-refractivity contribution in [1.29, 1.82) is 0 Å². The van der Waals surface area contributed by atoms with Gasteiger partial charge in [0.2, 0.25) is 0 Å². The molecule has 0 fully saturated rings. The summed E-state index contributed by atoms with van der Waals surface area (Å²) < 4.78 is 0. The highest BCUT2D eigenvalue weighted by atomic mass is 14.3. The van der Waals surface area contributed by atoms with Crippen molar-refractivity contribution in [3.05, 3.63) is 119 Å². The van der Waals surface area contributed by atoms with Crippen LogP contribution in [0.5, 0.6) is 0 Å². The molecule has 0 saturated heterocycles. The van der Waals surface area contributed by atoms with Crippen LogP contribution in [0.3, 0.4) is 0 Å². The van der Waals surface area contributed by atoms with Gasteiger partial charge in [-0.3, -0.25) is 0 Å². The Hall–Kier alpha value is -3.12. The van der Waals surface area contributed by atoms with E-state index in [-0.39, 0.29) is 16.7 Å². The molecule has 0 amide bonds. The van der Waals surface area contributed by atoms with Gasteiger partial charge in [-0.25, -0.2) is 0 Å². The predicted molar refractivity (Wildman–Crippen MR) is 147 cm³/mol. The average Bonchev–Trinajstić information content (AvgIpc) is 3.43. The summed E-state index contributed by atoms with van der Waals surface area (Å²) in [4.78, 5) is 0. The highest BCUT2D eigenvalue weighted by Gasteiger charge is 2.29. The molecule has 5 aliphatic rings. The minimum absolute atomic E-state index is 0.133. The van der Waals surface area contributed by atoms with Gasteiger partial charge in [0, 0.05) is 11.8 Å². The van der Waals surface area contributed by atoms with E-state index in [0.29, 0.717) is 5.92 Å². The molecule has 0 aromatic carbocycles. The van der Waals surface area contributed by atoms with Crippen molar-refractivity contribution in [3.63, 3.8) is 0 Å². The van der Waals surface area contributed by atoms with Crippen molar-refractivity contribution < 1.29 is 0 Å². The van der Waals surface area contributed by atoms with E-state index in [1.807, 2.05) is 0 Å². The Kier molecular flexibility index (Phi) is 5.52. The molecule has 0 aliphatic heterocycles. The standard InChI is InChI=1S/C34H36/c1-33(2,3)26-15-11-23-13-19-30(28(23)21-17-26)32(25-9-7-8-10-25)31-20-14-24-12-16-27(34(4,5)6)18-22-29(24)31/h7-22,25,32H,1-6H3. The van der Waals surface area contributed by atoms with Crippen molar-refractivity contribution in [2.24, 2.45) is 5.92 Å². The lowest BCUT2D eigenvalue weighted by molar-refractivity contribution is 0.590. The van der Waals surface area contributed by atoms with Crippen LogP contribution >= 0.6 is 0 Å². The monoisotopic (exact) mass is 444 g/mol. The summed E-state index contributed by atoms with van der Waals surface area (Å²) in [7, 11) is 0. The smallest absolute Gasteiger partial charge is 0.0199 e. The van der Waals surface area contributed by atoms with Gasteiger partial charge in [-0.15, -0.1) is 0 Å². The molecule has 0 spiro atoms. The van der Waals surface area contributed by atoms with E-state index in [0.717, 1.165) is 0 Å². The summed E-state index contributed by atoms with van der Waals surface area (Å²) in [5, 5.41) is 0. The molecule has 34 heavy (non-hydrogen) atoms. The first-order chi connectivity index (χ1) is 16.1. The molecular formula is C34H36. The lowest BCUT2D eigenvalue weighted by Gasteiger charge is -2.23. The van der Waals surface area contributed by atoms with Gasteiger partial charge in [-0.1, -0.05) is 139 Å². The molecule has 172 valence electrons. The lowest BCUT2D eigenvalue weighted by atomic mass is 9.79. The number of fused-ring (bicyclic) bond motifs is 2. The Labute approximate surface area is 205 Å². The van der Waals surface area contributed by atoms with E-state index >= 15 is 0 Å². The molecule has 0 bridgehead atoms. The minimum atomic E-state index is 0.133. The molecule has 0 unspecified atom stereocenters. The van der Waals surface area contributed by atoms with Gasteiger partial charge in [0.1, 0.15) is 0 Å². The quantitative estimate of drug-likeness (QED) is 0.295. The molecule has 0 saturated carbocycles. The third-order valence-corrected chi connectivity index (χ3v) is 7.44. The van der Waals surface area contributed by atoms with Gasteiger partial charge >= 0.3 is 0 Å². The Morgan fingerprint density at radius 1 is 0.500 bits per heavy atom. The van der Waals surface area contributed by atoms with Gasteiger partial charge in [0.25, 0.3) is 0 Å². The summed E-state index contributed by atoms with van der Waals surface area (Å²) in [5.74, 6) is 0.641. The summed E-state index contributed by atoms with van der Waals surface area (Å²) in [6.45, 7) is 13.7. The summed E-state index contributed by atoms with van der Waals surface area (Å²) in [5.41, 5.74) is 11.2. The van der Waals surface area contributed by atoms with Gasteiger partial charge in [0.05, 0.1) is 0 Å². The number of allylic oxidation sites excluding steroid dienone is 4. The van der Waals surface area contributed by atoms with E-state index in [4.69, 9.17) is 0 Å². The van der Waals surface area contributed by atoms with Crippen LogP contribution in [-0.4, -0.2) is 0 Å². The Bertz CT molecular complexity index is 1220. The number of hydrogen-bond acceptors (Lipinski definition) is 0. The van der Waals surface area contributed by atoms with E-state index in [1.165, 1.54) is 44.5 Å². The van der Waals surface area contributed by atoms with Crippen LogP contribution in [0.25, 0.3) is 22.3 Å². The van der Waals surface area contributed by atoms with Crippen molar-refractivity contribution in [2.45, 2.75) is 58.3 Å². The minimum Gasteiger partial charge on any atom is -0.0767 e. The summed E-state index contributed by atoms with van der Waals surface area (Å²) >= 11 is 0. The second kappa shape index (κ2) is 8.27. The van der Waals surface area contributed by atoms with Crippen molar-refractivity contribution in [2.75, 3.05) is 0 Å².